The summed E-state index contributed by atoms with van der Waals surface area (Å²) in [4.78, 5) is 25.3. The number of piperidine rings is 1. The largest absolute Gasteiger partial charge is 0.481 e. The van der Waals surface area contributed by atoms with Crippen LogP contribution in [0.25, 0.3) is 0 Å². The van der Waals surface area contributed by atoms with Crippen LogP contribution in [0, 0.1) is 11.8 Å². The van der Waals surface area contributed by atoms with Gasteiger partial charge in [-0.05, 0) is 29.9 Å². The number of carbonyl (C=O) groups excluding carboxylic acids is 1. The lowest BCUT2D eigenvalue weighted by Crippen LogP contribution is -2.47. The number of urea groups is 1. The predicted octanol–water partition coefficient (Wildman–Crippen LogP) is 3.38. The number of carboxylic acid groups (broad SMARTS) is 1. The van der Waals surface area contributed by atoms with Gasteiger partial charge < -0.3 is 15.3 Å². The summed E-state index contributed by atoms with van der Waals surface area (Å²) in [6.07, 6.45) is 0.627. The highest BCUT2D eigenvalue weighted by atomic mass is 16.4. The highest BCUT2D eigenvalue weighted by molar-refractivity contribution is 5.90. The van der Waals surface area contributed by atoms with Gasteiger partial charge in [-0.3, -0.25) is 4.79 Å². The van der Waals surface area contributed by atoms with Crippen LogP contribution in [0.2, 0.25) is 0 Å². The average Bonchev–Trinajstić information content (AvgIpc) is 2.46. The van der Waals surface area contributed by atoms with E-state index in [1.54, 1.807) is 4.90 Å². The van der Waals surface area contributed by atoms with Gasteiger partial charge in [0.2, 0.25) is 0 Å². The first-order valence-electron chi connectivity index (χ1n) is 7.76. The third-order valence-corrected chi connectivity index (χ3v) is 4.12. The second-order valence-corrected chi connectivity index (χ2v) is 6.45. The van der Waals surface area contributed by atoms with Crippen LogP contribution in [-0.2, 0) is 4.79 Å². The highest BCUT2D eigenvalue weighted by Gasteiger charge is 2.32. The van der Waals surface area contributed by atoms with Gasteiger partial charge in [-0.1, -0.05) is 39.0 Å². The van der Waals surface area contributed by atoms with Crippen molar-refractivity contribution in [2.75, 3.05) is 18.4 Å². The molecule has 1 aliphatic heterocycles. The number of nitrogens with one attached hydrogen (secondary N) is 1. The second kappa shape index (κ2) is 6.81. The first kappa shape index (κ1) is 16.3. The van der Waals surface area contributed by atoms with Gasteiger partial charge in [0.05, 0.1) is 5.92 Å². The molecule has 22 heavy (non-hydrogen) atoms. The Bertz CT molecular complexity index is 557. The van der Waals surface area contributed by atoms with E-state index in [-0.39, 0.29) is 18.5 Å². The number of nitrogens with zero attached hydrogens (tertiary/aromatic N) is 1. The third kappa shape index (κ3) is 3.78. The van der Waals surface area contributed by atoms with Gasteiger partial charge >= 0.3 is 12.0 Å². The molecule has 120 valence electrons. The van der Waals surface area contributed by atoms with E-state index in [1.165, 1.54) is 0 Å². The molecule has 5 nitrogen and oxygen atoms in total. The quantitative estimate of drug-likeness (QED) is 0.899. The summed E-state index contributed by atoms with van der Waals surface area (Å²) in [6, 6.07) is 7.51. The molecule has 2 unspecified atom stereocenters. The maximum atomic E-state index is 12.5. The minimum absolute atomic E-state index is 0.195. The lowest BCUT2D eigenvalue weighted by atomic mass is 9.91. The SMILES string of the molecule is CC1CC(C(=O)O)CN(C(=O)Nc2ccccc2C(C)C)C1. The van der Waals surface area contributed by atoms with Crippen LogP contribution in [0.5, 0.6) is 0 Å². The number of aliphatic carboxylic acids is 1. The number of hydrogen-bond acceptors (Lipinski definition) is 2. The number of para-hydroxylation sites is 1. The maximum Gasteiger partial charge on any atom is 0.321 e. The molecule has 1 aliphatic rings. The summed E-state index contributed by atoms with van der Waals surface area (Å²) in [7, 11) is 0. The molecule has 2 amide bonds. The predicted molar refractivity (Wildman–Crippen MR) is 86.0 cm³/mol. The molecule has 1 saturated heterocycles. The van der Waals surface area contributed by atoms with E-state index in [0.29, 0.717) is 18.9 Å². The molecule has 2 N–H and O–H groups in total. The Morgan fingerprint density at radius 2 is 1.95 bits per heavy atom. The fraction of sp³-hybridized carbons (Fsp3) is 0.529. The van der Waals surface area contributed by atoms with Crippen molar-refractivity contribution in [3.05, 3.63) is 29.8 Å². The number of carboxylic acids is 1. The van der Waals surface area contributed by atoms with Gasteiger partial charge in [0.15, 0.2) is 0 Å². The molecule has 1 aromatic rings. The molecule has 0 saturated carbocycles. The van der Waals surface area contributed by atoms with Crippen LogP contribution in [-0.4, -0.2) is 35.1 Å². The zero-order valence-electron chi connectivity index (χ0n) is 13.4. The van der Waals surface area contributed by atoms with Crippen molar-refractivity contribution in [2.45, 2.75) is 33.1 Å². The molecule has 5 heteroatoms. The minimum atomic E-state index is -0.827. The van der Waals surface area contributed by atoms with Gasteiger partial charge in [-0.15, -0.1) is 0 Å². The van der Waals surface area contributed by atoms with Crippen molar-refractivity contribution in [3.8, 4) is 0 Å². The Balaban J connectivity index is 2.10. The molecular formula is C17H24N2O3. The minimum Gasteiger partial charge on any atom is -0.481 e. The Morgan fingerprint density at radius 3 is 2.59 bits per heavy atom. The summed E-state index contributed by atoms with van der Waals surface area (Å²) >= 11 is 0. The Hall–Kier alpha value is -2.04. The number of hydrogen-bond donors (Lipinski definition) is 2. The van der Waals surface area contributed by atoms with Gasteiger partial charge in [0.25, 0.3) is 0 Å². The van der Waals surface area contributed by atoms with Crippen LogP contribution in [0.15, 0.2) is 24.3 Å². The number of likely N-dealkylation sites (tertiary alicyclic amines) is 1. The molecule has 0 radical (unpaired) electrons. The normalized spacial score (nSPS) is 21.7. The van der Waals surface area contributed by atoms with Crippen LogP contribution in [0.1, 0.15) is 38.7 Å². The zero-order valence-corrected chi connectivity index (χ0v) is 13.4. The second-order valence-electron chi connectivity index (χ2n) is 6.45. The van der Waals surface area contributed by atoms with Gasteiger partial charge in [0.1, 0.15) is 0 Å². The molecule has 2 atom stereocenters. The fourth-order valence-corrected chi connectivity index (χ4v) is 3.00. The zero-order chi connectivity index (χ0) is 16.3. The summed E-state index contributed by atoms with van der Waals surface area (Å²) in [6.45, 7) is 7.01. The first-order chi connectivity index (χ1) is 10.4. The summed E-state index contributed by atoms with van der Waals surface area (Å²) in [5.41, 5.74) is 1.88. The van der Waals surface area contributed by atoms with Crippen LogP contribution < -0.4 is 5.32 Å². The van der Waals surface area contributed by atoms with Gasteiger partial charge in [-0.25, -0.2) is 4.79 Å². The number of amides is 2. The van der Waals surface area contributed by atoms with E-state index < -0.39 is 11.9 Å². The van der Waals surface area contributed by atoms with Crippen molar-refractivity contribution < 1.29 is 14.7 Å². The molecule has 2 rings (SSSR count). The monoisotopic (exact) mass is 304 g/mol. The molecule has 0 bridgehead atoms. The smallest absolute Gasteiger partial charge is 0.321 e. The van der Waals surface area contributed by atoms with Crippen LogP contribution in [0.4, 0.5) is 10.5 Å². The van der Waals surface area contributed by atoms with E-state index in [4.69, 9.17) is 0 Å². The number of anilines is 1. The Labute approximate surface area is 131 Å². The van der Waals surface area contributed by atoms with Crippen molar-refractivity contribution in [1.29, 1.82) is 0 Å². The Morgan fingerprint density at radius 1 is 1.27 bits per heavy atom. The summed E-state index contributed by atoms with van der Waals surface area (Å²) < 4.78 is 0. The molecule has 0 aromatic heterocycles. The van der Waals surface area contributed by atoms with E-state index in [2.05, 4.69) is 19.2 Å². The van der Waals surface area contributed by atoms with E-state index >= 15 is 0 Å². The van der Waals surface area contributed by atoms with E-state index in [1.807, 2.05) is 31.2 Å². The molecule has 1 aromatic carbocycles. The van der Waals surface area contributed by atoms with Crippen LogP contribution in [0.3, 0.4) is 0 Å². The van der Waals surface area contributed by atoms with Gasteiger partial charge in [0, 0.05) is 18.8 Å². The van der Waals surface area contributed by atoms with E-state index in [9.17, 15) is 14.7 Å². The van der Waals surface area contributed by atoms with Crippen molar-refractivity contribution in [2.24, 2.45) is 11.8 Å². The van der Waals surface area contributed by atoms with Crippen molar-refractivity contribution in [3.63, 3.8) is 0 Å². The molecule has 1 heterocycles. The molecule has 0 spiro atoms. The number of benzene rings is 1. The van der Waals surface area contributed by atoms with Crippen molar-refractivity contribution in [1.82, 2.24) is 4.90 Å². The van der Waals surface area contributed by atoms with E-state index in [0.717, 1.165) is 11.3 Å². The first-order valence-corrected chi connectivity index (χ1v) is 7.76. The number of carbonyl (C=O) groups is 2. The standard InChI is InChI=1S/C17H24N2O3/c1-11(2)14-6-4-5-7-15(14)18-17(22)19-9-12(3)8-13(10-19)16(20)21/h4-7,11-13H,8-10H2,1-3H3,(H,18,22)(H,20,21). The van der Waals surface area contributed by atoms with Crippen LogP contribution >= 0.6 is 0 Å². The lowest BCUT2D eigenvalue weighted by Gasteiger charge is -2.34. The number of rotatable bonds is 3. The third-order valence-electron chi connectivity index (χ3n) is 4.12. The topological polar surface area (TPSA) is 69.6 Å². The fourth-order valence-electron chi connectivity index (χ4n) is 3.00. The maximum absolute atomic E-state index is 12.5. The van der Waals surface area contributed by atoms with Gasteiger partial charge in [-0.2, -0.15) is 0 Å². The molecular weight excluding hydrogens is 280 g/mol. The summed E-state index contributed by atoms with van der Waals surface area (Å²) in [5, 5.41) is 12.1. The summed E-state index contributed by atoms with van der Waals surface area (Å²) in [5.74, 6) is -0.800. The van der Waals surface area contributed by atoms with Crippen molar-refractivity contribution >= 4 is 17.7 Å². The highest BCUT2D eigenvalue weighted by Crippen LogP contribution is 2.26. The molecule has 1 fully saturated rings. The lowest BCUT2D eigenvalue weighted by molar-refractivity contribution is -0.143. The average molecular weight is 304 g/mol. The molecule has 0 aliphatic carbocycles. The Kier molecular flexibility index (Phi) is 5.06.